The zero-order chi connectivity index (χ0) is 18.5. The summed E-state index contributed by atoms with van der Waals surface area (Å²) in [5, 5.41) is 31.5. The number of fused-ring (bicyclic) bond motifs is 1. The van der Waals surface area contributed by atoms with Gasteiger partial charge in [-0.25, -0.2) is 9.98 Å². The molecule has 4 rings (SSSR count). The summed E-state index contributed by atoms with van der Waals surface area (Å²) in [7, 11) is 0. The molecule has 1 aromatic rings. The first-order valence-electron chi connectivity index (χ1n) is 8.00. The van der Waals surface area contributed by atoms with Crippen molar-refractivity contribution in [3.63, 3.8) is 0 Å². The predicted octanol–water partition coefficient (Wildman–Crippen LogP) is -0.698. The van der Waals surface area contributed by atoms with Gasteiger partial charge in [0, 0.05) is 21.2 Å². The van der Waals surface area contributed by atoms with Crippen LogP contribution in [-0.2, 0) is 11.2 Å². The van der Waals surface area contributed by atoms with E-state index in [-0.39, 0.29) is 6.67 Å². The fourth-order valence-corrected chi connectivity index (χ4v) is 4.85. The van der Waals surface area contributed by atoms with E-state index in [0.717, 1.165) is 9.35 Å². The van der Waals surface area contributed by atoms with Crippen molar-refractivity contribution in [3.8, 4) is 0 Å². The molecule has 3 aliphatic heterocycles. The molecular formula is C15H18BrN5O4S. The fourth-order valence-electron chi connectivity index (χ4n) is 3.31. The lowest BCUT2D eigenvalue weighted by Gasteiger charge is -2.32. The molecule has 0 aliphatic carbocycles. The number of aliphatic hydroxyl groups is 3. The molecule has 1 fully saturated rings. The van der Waals surface area contributed by atoms with Crippen molar-refractivity contribution < 1.29 is 20.1 Å². The molecule has 0 radical (unpaired) electrons. The summed E-state index contributed by atoms with van der Waals surface area (Å²) in [6.07, 6.45) is -2.25. The van der Waals surface area contributed by atoms with E-state index >= 15 is 0 Å². The number of hydrogen-bond donors (Lipinski definition) is 4. The lowest BCUT2D eigenvalue weighted by Crippen LogP contribution is -2.56. The van der Waals surface area contributed by atoms with Gasteiger partial charge in [0.25, 0.3) is 0 Å². The summed E-state index contributed by atoms with van der Waals surface area (Å²) in [5.41, 5.74) is 5.98. The molecule has 0 bridgehead atoms. The van der Waals surface area contributed by atoms with E-state index in [1.807, 2.05) is 11.4 Å². The third-order valence-corrected chi connectivity index (χ3v) is 6.33. The molecular weight excluding hydrogens is 426 g/mol. The normalized spacial score (nSPS) is 36.3. The highest BCUT2D eigenvalue weighted by atomic mass is 79.9. The summed E-state index contributed by atoms with van der Waals surface area (Å²) >= 11 is 5.00. The van der Waals surface area contributed by atoms with Gasteiger partial charge in [0.05, 0.1) is 6.61 Å². The van der Waals surface area contributed by atoms with Gasteiger partial charge in [-0.2, -0.15) is 0 Å². The van der Waals surface area contributed by atoms with Gasteiger partial charge < -0.3 is 30.7 Å². The van der Waals surface area contributed by atoms with E-state index in [1.54, 1.807) is 16.2 Å². The molecule has 0 saturated carbocycles. The number of rotatable bonds is 4. The number of nitrogens with zero attached hydrogens (tertiary/aromatic N) is 4. The number of amidine groups is 1. The SMILES string of the molecule is NC1(Cc2cc(Br)cs2)N=CN=C2C1=NCN2[C@@H]1O[C@H](CO)[C@@H](O)[C@H]1O. The average molecular weight is 444 g/mol. The Balaban J connectivity index is 1.57. The Hall–Kier alpha value is -1.21. The van der Waals surface area contributed by atoms with Crippen molar-refractivity contribution in [2.45, 2.75) is 36.6 Å². The highest BCUT2D eigenvalue weighted by Gasteiger charge is 2.50. The number of ether oxygens (including phenoxy) is 1. The summed E-state index contributed by atoms with van der Waals surface area (Å²) in [6, 6.07) is 1.99. The van der Waals surface area contributed by atoms with Crippen LogP contribution in [0.4, 0.5) is 0 Å². The van der Waals surface area contributed by atoms with Gasteiger partial charge in [-0.05, 0) is 22.0 Å². The number of halogens is 1. The van der Waals surface area contributed by atoms with Gasteiger partial charge in [-0.3, -0.25) is 4.99 Å². The first-order valence-corrected chi connectivity index (χ1v) is 9.68. The van der Waals surface area contributed by atoms with Crippen molar-refractivity contribution >= 4 is 45.2 Å². The van der Waals surface area contributed by atoms with Gasteiger partial charge in [-0.15, -0.1) is 11.3 Å². The van der Waals surface area contributed by atoms with Gasteiger partial charge in [0.15, 0.2) is 17.7 Å². The molecule has 1 unspecified atom stereocenters. The van der Waals surface area contributed by atoms with E-state index in [4.69, 9.17) is 10.5 Å². The molecule has 4 heterocycles. The summed E-state index contributed by atoms with van der Waals surface area (Å²) in [5.74, 6) is 0.466. The molecule has 11 heteroatoms. The largest absolute Gasteiger partial charge is 0.394 e. The minimum absolute atomic E-state index is 0.178. The Kier molecular flexibility index (Phi) is 4.72. The van der Waals surface area contributed by atoms with Crippen LogP contribution in [0.15, 0.2) is 30.9 Å². The van der Waals surface area contributed by atoms with Crippen molar-refractivity contribution in [2.24, 2.45) is 20.7 Å². The monoisotopic (exact) mass is 443 g/mol. The summed E-state index contributed by atoms with van der Waals surface area (Å²) in [4.78, 5) is 15.8. The number of thiophene rings is 1. The molecule has 5 N–H and O–H groups in total. The van der Waals surface area contributed by atoms with Crippen LogP contribution in [0, 0.1) is 0 Å². The number of aliphatic hydroxyl groups excluding tert-OH is 3. The smallest absolute Gasteiger partial charge is 0.162 e. The van der Waals surface area contributed by atoms with Gasteiger partial charge in [0.1, 0.15) is 37.0 Å². The quantitative estimate of drug-likeness (QED) is 0.485. The Labute approximate surface area is 161 Å². The van der Waals surface area contributed by atoms with E-state index in [1.165, 1.54) is 6.34 Å². The van der Waals surface area contributed by atoms with Gasteiger partial charge in [-0.1, -0.05) is 0 Å². The third-order valence-electron chi connectivity index (χ3n) is 4.63. The predicted molar refractivity (Wildman–Crippen MR) is 100 cm³/mol. The van der Waals surface area contributed by atoms with Crippen molar-refractivity contribution in [3.05, 3.63) is 20.8 Å². The average Bonchev–Trinajstić information content (AvgIpc) is 3.28. The maximum absolute atomic E-state index is 10.3. The molecule has 0 aromatic carbocycles. The second-order valence-corrected chi connectivity index (χ2v) is 8.29. The topological polar surface area (TPSA) is 136 Å². The second-order valence-electron chi connectivity index (χ2n) is 6.38. The maximum Gasteiger partial charge on any atom is 0.162 e. The molecule has 9 nitrogen and oxygen atoms in total. The van der Waals surface area contributed by atoms with Crippen LogP contribution in [0.2, 0.25) is 0 Å². The van der Waals surface area contributed by atoms with Crippen molar-refractivity contribution in [2.75, 3.05) is 13.3 Å². The van der Waals surface area contributed by atoms with Gasteiger partial charge in [0.2, 0.25) is 0 Å². The Morgan fingerprint density at radius 3 is 2.88 bits per heavy atom. The number of nitrogens with two attached hydrogens (primary N) is 1. The van der Waals surface area contributed by atoms with Crippen LogP contribution < -0.4 is 5.73 Å². The summed E-state index contributed by atoms with van der Waals surface area (Å²) < 4.78 is 6.57. The Bertz CT molecular complexity index is 799. The molecule has 0 spiro atoms. The minimum atomic E-state index is -1.19. The second kappa shape index (κ2) is 6.75. The van der Waals surface area contributed by atoms with E-state index in [2.05, 4.69) is 30.9 Å². The molecule has 1 saturated heterocycles. The molecule has 3 aliphatic rings. The molecule has 1 aromatic heterocycles. The third kappa shape index (κ3) is 2.93. The van der Waals surface area contributed by atoms with Gasteiger partial charge >= 0.3 is 0 Å². The van der Waals surface area contributed by atoms with Crippen molar-refractivity contribution in [1.29, 1.82) is 0 Å². The van der Waals surface area contributed by atoms with Crippen LogP contribution in [-0.4, -0.2) is 81.6 Å². The van der Waals surface area contributed by atoms with E-state index in [0.29, 0.717) is 18.0 Å². The van der Waals surface area contributed by atoms with Crippen LogP contribution in [0.5, 0.6) is 0 Å². The first-order chi connectivity index (χ1) is 12.4. The van der Waals surface area contributed by atoms with Crippen LogP contribution in [0.1, 0.15) is 4.88 Å². The Morgan fingerprint density at radius 2 is 2.23 bits per heavy atom. The fraction of sp³-hybridized carbons (Fsp3) is 0.533. The number of aliphatic imine (C=N–C) groups is 3. The van der Waals surface area contributed by atoms with E-state index in [9.17, 15) is 15.3 Å². The summed E-state index contributed by atoms with van der Waals surface area (Å²) in [6.45, 7) is -0.213. The highest BCUT2D eigenvalue weighted by molar-refractivity contribution is 9.10. The molecule has 0 amide bonds. The number of hydrogen-bond acceptors (Lipinski definition) is 10. The van der Waals surface area contributed by atoms with Crippen LogP contribution in [0.3, 0.4) is 0 Å². The zero-order valence-electron chi connectivity index (χ0n) is 13.6. The first kappa shape index (κ1) is 18.2. The molecule has 5 atom stereocenters. The van der Waals surface area contributed by atoms with Crippen LogP contribution >= 0.6 is 27.3 Å². The lowest BCUT2D eigenvalue weighted by atomic mass is 9.98. The maximum atomic E-state index is 10.3. The van der Waals surface area contributed by atoms with E-state index < -0.39 is 36.8 Å². The highest BCUT2D eigenvalue weighted by Crippen LogP contribution is 2.31. The minimum Gasteiger partial charge on any atom is -0.394 e. The van der Waals surface area contributed by atoms with Crippen LogP contribution in [0.25, 0.3) is 0 Å². The molecule has 140 valence electrons. The Morgan fingerprint density at radius 1 is 1.42 bits per heavy atom. The standard InChI is InChI=1S/C15H18BrN5O4S/c16-7-1-8(26-4-7)2-15(17)12-13(18-5-20-15)21(6-19-12)14-11(24)10(23)9(3-22)25-14/h1,4-5,9-11,14,22-24H,2-3,6,17H2/t9-,10-,11-,14-,15?/m1/s1. The van der Waals surface area contributed by atoms with Crippen molar-refractivity contribution in [1.82, 2.24) is 4.90 Å². The molecule has 26 heavy (non-hydrogen) atoms. The lowest BCUT2D eigenvalue weighted by molar-refractivity contribution is -0.0688. The zero-order valence-corrected chi connectivity index (χ0v) is 16.0.